The van der Waals surface area contributed by atoms with Crippen molar-refractivity contribution in [2.24, 2.45) is 11.5 Å². The standard InChI is InChI=1S/C14H19N5O2/c1-21-12-10(13(16)20)18-14-9(4-5-17-14)11(12)19-6-2-3-8(15)7-19/h4-5,8H,2-3,6-7,15H2,1H3,(H2,16,20)(H,17,18)/t8-/m1/s1. The second-order valence-corrected chi connectivity index (χ2v) is 5.29. The quantitative estimate of drug-likeness (QED) is 0.766. The number of primary amides is 1. The minimum Gasteiger partial charge on any atom is -0.492 e. The van der Waals surface area contributed by atoms with Gasteiger partial charge in [0.2, 0.25) is 0 Å². The van der Waals surface area contributed by atoms with E-state index in [2.05, 4.69) is 14.9 Å². The summed E-state index contributed by atoms with van der Waals surface area (Å²) in [6.07, 6.45) is 3.79. The Morgan fingerprint density at radius 2 is 2.38 bits per heavy atom. The molecule has 7 nitrogen and oxygen atoms in total. The van der Waals surface area contributed by atoms with Crippen LogP contribution in [0.5, 0.6) is 5.75 Å². The minimum absolute atomic E-state index is 0.114. The number of methoxy groups -OCH3 is 1. The summed E-state index contributed by atoms with van der Waals surface area (Å²) in [5.41, 5.74) is 13.1. The van der Waals surface area contributed by atoms with Crippen molar-refractivity contribution in [2.45, 2.75) is 18.9 Å². The lowest BCUT2D eigenvalue weighted by Gasteiger charge is -2.34. The Labute approximate surface area is 122 Å². The fraction of sp³-hybridized carbons (Fsp3) is 0.429. The van der Waals surface area contributed by atoms with Gasteiger partial charge in [-0.05, 0) is 18.9 Å². The van der Waals surface area contributed by atoms with Crippen LogP contribution in [-0.4, -0.2) is 42.1 Å². The number of hydrogen-bond acceptors (Lipinski definition) is 5. The maximum absolute atomic E-state index is 11.7. The second-order valence-electron chi connectivity index (χ2n) is 5.29. The molecule has 0 aliphatic carbocycles. The van der Waals surface area contributed by atoms with E-state index in [-0.39, 0.29) is 11.7 Å². The number of amides is 1. The maximum atomic E-state index is 11.7. The van der Waals surface area contributed by atoms with Crippen LogP contribution >= 0.6 is 0 Å². The van der Waals surface area contributed by atoms with E-state index in [4.69, 9.17) is 16.2 Å². The summed E-state index contributed by atoms with van der Waals surface area (Å²) in [7, 11) is 1.52. The molecule has 0 saturated carbocycles. The first-order valence-corrected chi connectivity index (χ1v) is 6.97. The molecule has 0 spiro atoms. The molecule has 0 radical (unpaired) electrons. The molecule has 5 N–H and O–H groups in total. The number of carbonyl (C=O) groups excluding carboxylic acids is 1. The number of hydrogen-bond donors (Lipinski definition) is 3. The molecular weight excluding hydrogens is 270 g/mol. The predicted octanol–water partition coefficient (Wildman–Crippen LogP) is 0.598. The van der Waals surface area contributed by atoms with Gasteiger partial charge in [-0.2, -0.15) is 0 Å². The van der Waals surface area contributed by atoms with Crippen molar-refractivity contribution in [1.82, 2.24) is 9.97 Å². The lowest BCUT2D eigenvalue weighted by molar-refractivity contribution is 0.0992. The fourth-order valence-corrected chi connectivity index (χ4v) is 2.93. The van der Waals surface area contributed by atoms with Crippen molar-refractivity contribution in [1.29, 1.82) is 0 Å². The second kappa shape index (κ2) is 5.25. The minimum atomic E-state index is -0.606. The summed E-state index contributed by atoms with van der Waals surface area (Å²) < 4.78 is 5.44. The zero-order valence-electron chi connectivity index (χ0n) is 11.9. The number of nitrogens with one attached hydrogen (secondary N) is 1. The van der Waals surface area contributed by atoms with Gasteiger partial charge in [-0.1, -0.05) is 0 Å². The highest BCUT2D eigenvalue weighted by Crippen LogP contribution is 2.38. The van der Waals surface area contributed by atoms with Crippen molar-refractivity contribution in [3.05, 3.63) is 18.0 Å². The molecular formula is C14H19N5O2. The Kier molecular flexibility index (Phi) is 3.42. The van der Waals surface area contributed by atoms with Crippen LogP contribution in [0.2, 0.25) is 0 Å². The Morgan fingerprint density at radius 3 is 3.05 bits per heavy atom. The third-order valence-corrected chi connectivity index (χ3v) is 3.85. The number of nitrogens with two attached hydrogens (primary N) is 2. The lowest BCUT2D eigenvalue weighted by Crippen LogP contribution is -2.43. The largest absolute Gasteiger partial charge is 0.492 e. The smallest absolute Gasteiger partial charge is 0.271 e. The van der Waals surface area contributed by atoms with E-state index in [1.54, 1.807) is 6.20 Å². The van der Waals surface area contributed by atoms with Gasteiger partial charge in [-0.25, -0.2) is 4.98 Å². The number of anilines is 1. The van der Waals surface area contributed by atoms with Gasteiger partial charge in [-0.15, -0.1) is 0 Å². The van der Waals surface area contributed by atoms with Crippen molar-refractivity contribution in [2.75, 3.05) is 25.1 Å². The van der Waals surface area contributed by atoms with Crippen molar-refractivity contribution < 1.29 is 9.53 Å². The van der Waals surface area contributed by atoms with Crippen LogP contribution in [0.1, 0.15) is 23.3 Å². The van der Waals surface area contributed by atoms with E-state index in [0.717, 1.165) is 37.0 Å². The summed E-state index contributed by atoms with van der Waals surface area (Å²) in [6, 6.07) is 2.04. The molecule has 0 aromatic carbocycles. The highest BCUT2D eigenvalue weighted by atomic mass is 16.5. The molecule has 7 heteroatoms. The SMILES string of the molecule is COc1c(C(N)=O)nc2[nH]ccc2c1N1CCC[C@@H](N)C1. The molecule has 2 aromatic heterocycles. The van der Waals surface area contributed by atoms with Crippen LogP contribution in [0.25, 0.3) is 11.0 Å². The normalized spacial score (nSPS) is 19.0. The monoisotopic (exact) mass is 289 g/mol. The Bertz CT molecular complexity index is 681. The van der Waals surface area contributed by atoms with Gasteiger partial charge >= 0.3 is 0 Å². The molecule has 0 unspecified atom stereocenters. The number of carbonyl (C=O) groups is 1. The number of aromatic amines is 1. The number of fused-ring (bicyclic) bond motifs is 1. The highest BCUT2D eigenvalue weighted by molar-refractivity contribution is 6.03. The Morgan fingerprint density at radius 1 is 1.57 bits per heavy atom. The van der Waals surface area contributed by atoms with E-state index >= 15 is 0 Å². The number of rotatable bonds is 3. The molecule has 1 aliphatic heterocycles. The van der Waals surface area contributed by atoms with Crippen LogP contribution in [0, 0.1) is 0 Å². The average molecular weight is 289 g/mol. The van der Waals surface area contributed by atoms with Gasteiger partial charge < -0.3 is 26.1 Å². The van der Waals surface area contributed by atoms with E-state index in [9.17, 15) is 4.79 Å². The first-order chi connectivity index (χ1) is 10.1. The van der Waals surface area contributed by atoms with E-state index in [0.29, 0.717) is 11.4 Å². The molecule has 2 aromatic rings. The van der Waals surface area contributed by atoms with Crippen LogP contribution in [-0.2, 0) is 0 Å². The number of nitrogens with zero attached hydrogens (tertiary/aromatic N) is 2. The average Bonchev–Trinajstić information content (AvgIpc) is 2.92. The molecule has 112 valence electrons. The summed E-state index contributed by atoms with van der Waals surface area (Å²) in [5.74, 6) is -0.186. The van der Waals surface area contributed by atoms with Crippen molar-refractivity contribution in [3.8, 4) is 5.75 Å². The molecule has 1 amide bonds. The number of H-pyrrole nitrogens is 1. The summed E-state index contributed by atoms with van der Waals surface area (Å²) in [6.45, 7) is 1.59. The molecule has 1 atom stereocenters. The highest BCUT2D eigenvalue weighted by Gasteiger charge is 2.26. The summed E-state index contributed by atoms with van der Waals surface area (Å²) in [5, 5.41) is 0.908. The predicted molar refractivity (Wildman–Crippen MR) is 80.6 cm³/mol. The van der Waals surface area contributed by atoms with Gasteiger partial charge in [-0.3, -0.25) is 4.79 Å². The molecule has 1 fully saturated rings. The van der Waals surface area contributed by atoms with Gasteiger partial charge in [0.05, 0.1) is 12.8 Å². The third kappa shape index (κ3) is 2.29. The van der Waals surface area contributed by atoms with Crippen molar-refractivity contribution in [3.63, 3.8) is 0 Å². The molecule has 1 saturated heterocycles. The summed E-state index contributed by atoms with van der Waals surface area (Å²) >= 11 is 0. The first-order valence-electron chi connectivity index (χ1n) is 6.97. The zero-order chi connectivity index (χ0) is 15.0. The van der Waals surface area contributed by atoms with Gasteiger partial charge in [0.1, 0.15) is 5.65 Å². The van der Waals surface area contributed by atoms with Gasteiger partial charge in [0.25, 0.3) is 5.91 Å². The molecule has 21 heavy (non-hydrogen) atoms. The maximum Gasteiger partial charge on any atom is 0.271 e. The van der Waals surface area contributed by atoms with Gasteiger partial charge in [0.15, 0.2) is 11.4 Å². The van der Waals surface area contributed by atoms with E-state index in [1.807, 2.05) is 6.07 Å². The molecule has 0 bridgehead atoms. The zero-order valence-corrected chi connectivity index (χ0v) is 11.9. The van der Waals surface area contributed by atoms with Crippen LogP contribution in [0.3, 0.4) is 0 Å². The number of aromatic nitrogens is 2. The number of piperidine rings is 1. The topological polar surface area (TPSA) is 110 Å². The van der Waals surface area contributed by atoms with E-state index < -0.39 is 5.91 Å². The number of pyridine rings is 1. The Hall–Kier alpha value is -2.28. The first kappa shape index (κ1) is 13.7. The fourth-order valence-electron chi connectivity index (χ4n) is 2.93. The molecule has 3 rings (SSSR count). The molecule has 1 aliphatic rings. The lowest BCUT2D eigenvalue weighted by atomic mass is 10.0. The number of ether oxygens (including phenoxy) is 1. The van der Waals surface area contributed by atoms with Gasteiger partial charge in [0, 0.05) is 30.7 Å². The Balaban J connectivity index is 2.22. The third-order valence-electron chi connectivity index (χ3n) is 3.85. The summed E-state index contributed by atoms with van der Waals surface area (Å²) in [4.78, 5) is 21.1. The van der Waals surface area contributed by atoms with Crippen LogP contribution in [0.15, 0.2) is 12.3 Å². The van der Waals surface area contributed by atoms with Crippen LogP contribution < -0.4 is 21.1 Å². The van der Waals surface area contributed by atoms with Crippen molar-refractivity contribution >= 4 is 22.6 Å². The van der Waals surface area contributed by atoms with Crippen LogP contribution in [0.4, 0.5) is 5.69 Å². The van der Waals surface area contributed by atoms with E-state index in [1.165, 1.54) is 7.11 Å². The molecule has 3 heterocycles.